The molecule has 0 fully saturated rings. The third-order valence-electron chi connectivity index (χ3n) is 5.65. The van der Waals surface area contributed by atoms with Gasteiger partial charge in [0.25, 0.3) is 5.91 Å². The third-order valence-corrected chi connectivity index (χ3v) is 6.97. The zero-order chi connectivity index (χ0) is 22.8. The van der Waals surface area contributed by atoms with E-state index in [-0.39, 0.29) is 22.1 Å². The number of para-hydroxylation sites is 1. The number of aromatic nitrogens is 2. The van der Waals surface area contributed by atoms with E-state index in [0.717, 1.165) is 33.1 Å². The normalized spacial score (nSPS) is 14.8. The van der Waals surface area contributed by atoms with Gasteiger partial charge < -0.3 is 9.47 Å². The first kappa shape index (κ1) is 22.1. The number of likely N-dealkylation sites (N-methyl/N-ethyl adjacent to an activating group) is 1. The summed E-state index contributed by atoms with van der Waals surface area (Å²) in [5, 5.41) is 0.0302. The summed E-state index contributed by atoms with van der Waals surface area (Å²) in [7, 11) is 0. The molecule has 0 saturated carbocycles. The van der Waals surface area contributed by atoms with Crippen molar-refractivity contribution in [1.29, 1.82) is 0 Å². The lowest BCUT2D eigenvalue weighted by Gasteiger charge is -2.25. The van der Waals surface area contributed by atoms with Gasteiger partial charge in [0.1, 0.15) is 5.56 Å². The van der Waals surface area contributed by atoms with E-state index in [1.54, 1.807) is 28.9 Å². The van der Waals surface area contributed by atoms with Gasteiger partial charge in [-0.3, -0.25) is 14.6 Å². The molecule has 164 valence electrons. The van der Waals surface area contributed by atoms with E-state index >= 15 is 0 Å². The summed E-state index contributed by atoms with van der Waals surface area (Å²) in [4.78, 5) is 34.0. The standard InChI is InChI=1S/C26H27N3O2S/c1-5-28(16-17(2)3)26(31)25-21-14-24(19-9-8-12-27-15-19)32-23-11-7-6-10-20(23)29(21)18(4)13-22(25)30/h6-13,15,24H,2,5,14,16H2,1,3-4H3/t24-/m0/s1. The molecule has 0 radical (unpaired) electrons. The molecule has 0 N–H and O–H groups in total. The molecule has 2 aromatic heterocycles. The minimum atomic E-state index is -0.237. The number of thioether (sulfide) groups is 1. The number of hydrogen-bond donors (Lipinski definition) is 0. The van der Waals surface area contributed by atoms with Crippen LogP contribution in [0.25, 0.3) is 5.69 Å². The van der Waals surface area contributed by atoms with Gasteiger partial charge in [0.2, 0.25) is 0 Å². The van der Waals surface area contributed by atoms with Crippen LogP contribution in [0.2, 0.25) is 0 Å². The van der Waals surface area contributed by atoms with Gasteiger partial charge in [-0.25, -0.2) is 0 Å². The number of benzene rings is 1. The minimum Gasteiger partial charge on any atom is -0.335 e. The zero-order valence-electron chi connectivity index (χ0n) is 18.7. The summed E-state index contributed by atoms with van der Waals surface area (Å²) in [6.45, 7) is 10.6. The molecule has 32 heavy (non-hydrogen) atoms. The quantitative estimate of drug-likeness (QED) is 0.521. The van der Waals surface area contributed by atoms with Crippen LogP contribution in [0.5, 0.6) is 0 Å². The molecule has 0 aliphatic carbocycles. The van der Waals surface area contributed by atoms with E-state index in [2.05, 4.69) is 34.3 Å². The summed E-state index contributed by atoms with van der Waals surface area (Å²) in [6.07, 6.45) is 4.17. The Morgan fingerprint density at radius 2 is 2.06 bits per heavy atom. The number of rotatable bonds is 5. The largest absolute Gasteiger partial charge is 0.335 e. The Morgan fingerprint density at radius 3 is 2.75 bits per heavy atom. The molecule has 1 atom stereocenters. The van der Waals surface area contributed by atoms with E-state index < -0.39 is 0 Å². The van der Waals surface area contributed by atoms with Gasteiger partial charge in [-0.1, -0.05) is 30.4 Å². The Bertz CT molecular complexity index is 1230. The average molecular weight is 446 g/mol. The number of aryl methyl sites for hydroxylation is 1. The van der Waals surface area contributed by atoms with Crippen molar-refractivity contribution < 1.29 is 4.79 Å². The molecule has 5 nitrogen and oxygen atoms in total. The fraction of sp³-hybridized carbons (Fsp3) is 0.269. The highest BCUT2D eigenvalue weighted by Gasteiger charge is 2.30. The highest BCUT2D eigenvalue weighted by atomic mass is 32.2. The Balaban J connectivity index is 1.96. The molecule has 0 unspecified atom stereocenters. The zero-order valence-corrected chi connectivity index (χ0v) is 19.5. The minimum absolute atomic E-state index is 0.0302. The predicted molar refractivity (Wildman–Crippen MR) is 130 cm³/mol. The number of pyridine rings is 2. The predicted octanol–water partition coefficient (Wildman–Crippen LogP) is 4.97. The second kappa shape index (κ2) is 9.17. The summed E-state index contributed by atoms with van der Waals surface area (Å²) in [5.41, 5.74) is 4.55. The molecule has 0 spiro atoms. The van der Waals surface area contributed by atoms with Gasteiger partial charge in [-0.05, 0) is 44.5 Å². The molecule has 1 aromatic carbocycles. The first-order valence-corrected chi connectivity index (χ1v) is 11.6. The Kier molecular flexibility index (Phi) is 6.33. The van der Waals surface area contributed by atoms with Crippen molar-refractivity contribution >= 4 is 17.7 Å². The van der Waals surface area contributed by atoms with Gasteiger partial charge >= 0.3 is 0 Å². The van der Waals surface area contributed by atoms with Crippen LogP contribution in [0.3, 0.4) is 0 Å². The van der Waals surface area contributed by atoms with Crippen molar-refractivity contribution in [2.24, 2.45) is 0 Å². The lowest BCUT2D eigenvalue weighted by Crippen LogP contribution is -2.37. The van der Waals surface area contributed by atoms with E-state index in [0.29, 0.717) is 19.5 Å². The maximum Gasteiger partial charge on any atom is 0.259 e. The van der Waals surface area contributed by atoms with E-state index in [1.165, 1.54) is 0 Å². The molecule has 3 heterocycles. The summed E-state index contributed by atoms with van der Waals surface area (Å²) in [5.74, 6) is -0.237. The number of nitrogens with zero attached hydrogens (tertiary/aromatic N) is 3. The summed E-state index contributed by atoms with van der Waals surface area (Å²) in [6, 6.07) is 13.7. The smallest absolute Gasteiger partial charge is 0.259 e. The molecule has 3 aromatic rings. The number of carbonyl (C=O) groups is 1. The fourth-order valence-corrected chi connectivity index (χ4v) is 5.49. The van der Waals surface area contributed by atoms with Gasteiger partial charge in [-0.2, -0.15) is 0 Å². The fourth-order valence-electron chi connectivity index (χ4n) is 4.23. The van der Waals surface area contributed by atoms with Crippen molar-refractivity contribution in [2.45, 2.75) is 37.3 Å². The average Bonchev–Trinajstić information content (AvgIpc) is 2.95. The molecule has 0 bridgehead atoms. The SMILES string of the molecule is C=C(C)CN(CC)C(=O)c1c2n(c(C)cc1=O)-c1ccccc1S[C@H](c1cccnc1)C2. The lowest BCUT2D eigenvalue weighted by atomic mass is 10.0. The van der Waals surface area contributed by atoms with Crippen molar-refractivity contribution in [1.82, 2.24) is 14.5 Å². The maximum atomic E-state index is 13.6. The van der Waals surface area contributed by atoms with Crippen LogP contribution < -0.4 is 5.43 Å². The topological polar surface area (TPSA) is 55.2 Å². The molecule has 6 heteroatoms. The second-order valence-corrected chi connectivity index (χ2v) is 9.39. The van der Waals surface area contributed by atoms with Gasteiger partial charge in [0.15, 0.2) is 5.43 Å². The van der Waals surface area contributed by atoms with Crippen LogP contribution in [-0.2, 0) is 6.42 Å². The van der Waals surface area contributed by atoms with Crippen molar-refractivity contribution in [3.63, 3.8) is 0 Å². The molecule has 1 aliphatic heterocycles. The van der Waals surface area contributed by atoms with E-state index in [4.69, 9.17) is 0 Å². The Hall–Kier alpha value is -3.12. The van der Waals surface area contributed by atoms with Crippen molar-refractivity contribution in [3.05, 3.63) is 99.7 Å². The molecule has 1 aliphatic rings. The molecular weight excluding hydrogens is 418 g/mol. The first-order chi connectivity index (χ1) is 15.4. The van der Waals surface area contributed by atoms with Gasteiger partial charge in [0.05, 0.1) is 5.69 Å². The summed E-state index contributed by atoms with van der Waals surface area (Å²) >= 11 is 1.75. The Labute approximate surface area is 192 Å². The number of amides is 1. The van der Waals surface area contributed by atoms with Crippen LogP contribution in [0.15, 0.2) is 76.7 Å². The van der Waals surface area contributed by atoms with Crippen LogP contribution in [0, 0.1) is 6.92 Å². The van der Waals surface area contributed by atoms with Crippen LogP contribution in [-0.4, -0.2) is 33.4 Å². The van der Waals surface area contributed by atoms with Crippen LogP contribution >= 0.6 is 11.8 Å². The number of carbonyl (C=O) groups excluding carboxylic acids is 1. The molecule has 0 saturated heterocycles. The highest BCUT2D eigenvalue weighted by Crippen LogP contribution is 2.44. The van der Waals surface area contributed by atoms with Crippen molar-refractivity contribution in [3.8, 4) is 5.69 Å². The van der Waals surface area contributed by atoms with Crippen LogP contribution in [0.1, 0.15) is 46.4 Å². The molecule has 1 amide bonds. The Morgan fingerprint density at radius 1 is 1.28 bits per heavy atom. The first-order valence-electron chi connectivity index (χ1n) is 10.8. The molecular formula is C26H27N3O2S. The van der Waals surface area contributed by atoms with Crippen molar-refractivity contribution in [2.75, 3.05) is 13.1 Å². The lowest BCUT2D eigenvalue weighted by molar-refractivity contribution is 0.0775. The van der Waals surface area contributed by atoms with Gasteiger partial charge in [-0.15, -0.1) is 11.8 Å². The third kappa shape index (κ3) is 4.15. The van der Waals surface area contributed by atoms with Crippen LogP contribution in [0.4, 0.5) is 0 Å². The summed E-state index contributed by atoms with van der Waals surface area (Å²) < 4.78 is 2.09. The number of fused-ring (bicyclic) bond motifs is 3. The molecule has 4 rings (SSSR count). The monoisotopic (exact) mass is 445 g/mol. The highest BCUT2D eigenvalue weighted by molar-refractivity contribution is 7.99. The van der Waals surface area contributed by atoms with E-state index in [1.807, 2.05) is 45.2 Å². The second-order valence-electron chi connectivity index (χ2n) is 8.15. The van der Waals surface area contributed by atoms with Gasteiger partial charge in [0, 0.05) is 59.5 Å². The maximum absolute atomic E-state index is 13.6. The number of hydrogen-bond acceptors (Lipinski definition) is 4. The van der Waals surface area contributed by atoms with E-state index in [9.17, 15) is 9.59 Å².